The third kappa shape index (κ3) is 5.67. The zero-order valence-corrected chi connectivity index (χ0v) is 19.0. The lowest BCUT2D eigenvalue weighted by molar-refractivity contribution is -0.112. The van der Waals surface area contributed by atoms with Crippen molar-refractivity contribution < 1.29 is 14.3 Å². The van der Waals surface area contributed by atoms with Crippen LogP contribution in [-0.4, -0.2) is 44.1 Å². The third-order valence-electron chi connectivity index (χ3n) is 5.51. The molecular formula is C27H26N4O3. The van der Waals surface area contributed by atoms with E-state index in [1.54, 1.807) is 37.6 Å². The van der Waals surface area contributed by atoms with E-state index in [4.69, 9.17) is 9.47 Å². The van der Waals surface area contributed by atoms with E-state index in [0.29, 0.717) is 24.5 Å². The summed E-state index contributed by atoms with van der Waals surface area (Å²) in [5, 5.41) is 12.3. The number of carbonyl (C=O) groups is 1. The topological polar surface area (TPSA) is 77.8 Å². The molecule has 0 aliphatic carbocycles. The minimum absolute atomic E-state index is 0.0651. The number of nitriles is 1. The molecule has 34 heavy (non-hydrogen) atoms. The summed E-state index contributed by atoms with van der Waals surface area (Å²) >= 11 is 0. The van der Waals surface area contributed by atoms with Crippen LogP contribution in [0.5, 0.6) is 17.2 Å². The molecule has 1 heterocycles. The van der Waals surface area contributed by atoms with Crippen LogP contribution in [0, 0.1) is 11.3 Å². The van der Waals surface area contributed by atoms with Crippen LogP contribution in [0.4, 0.5) is 11.4 Å². The molecule has 0 atom stereocenters. The van der Waals surface area contributed by atoms with E-state index in [1.807, 2.05) is 65.6 Å². The lowest BCUT2D eigenvalue weighted by Gasteiger charge is -2.36. The molecule has 7 heteroatoms. The smallest absolute Gasteiger partial charge is 0.267 e. The maximum absolute atomic E-state index is 12.7. The Bertz CT molecular complexity index is 1180. The number of nitrogens with zero attached hydrogens (tertiary/aromatic N) is 3. The number of para-hydroxylation sites is 3. The first-order valence-electron chi connectivity index (χ1n) is 11.0. The predicted molar refractivity (Wildman–Crippen MR) is 132 cm³/mol. The fourth-order valence-corrected chi connectivity index (χ4v) is 3.73. The van der Waals surface area contributed by atoms with Gasteiger partial charge in [-0.1, -0.05) is 30.3 Å². The third-order valence-corrected chi connectivity index (χ3v) is 5.51. The van der Waals surface area contributed by atoms with Crippen LogP contribution in [0.3, 0.4) is 0 Å². The minimum Gasteiger partial charge on any atom is -0.495 e. The number of anilines is 2. The van der Waals surface area contributed by atoms with E-state index in [-0.39, 0.29) is 5.57 Å². The number of nitrogens with one attached hydrogen (secondary N) is 1. The van der Waals surface area contributed by atoms with Crippen LogP contribution in [0.15, 0.2) is 90.6 Å². The molecule has 4 rings (SSSR count). The van der Waals surface area contributed by atoms with Crippen molar-refractivity contribution in [3.8, 4) is 23.3 Å². The Morgan fingerprint density at radius 3 is 2.24 bits per heavy atom. The zero-order valence-electron chi connectivity index (χ0n) is 19.0. The van der Waals surface area contributed by atoms with Crippen LogP contribution in [0.2, 0.25) is 0 Å². The molecule has 0 aromatic heterocycles. The van der Waals surface area contributed by atoms with E-state index in [0.717, 1.165) is 30.3 Å². The number of amides is 1. The second-order valence-electron chi connectivity index (χ2n) is 7.74. The molecule has 0 spiro atoms. The summed E-state index contributed by atoms with van der Waals surface area (Å²) in [4.78, 5) is 16.9. The fraction of sp³-hybridized carbons (Fsp3) is 0.185. The van der Waals surface area contributed by atoms with Crippen molar-refractivity contribution in [2.45, 2.75) is 0 Å². The number of benzene rings is 3. The zero-order chi connectivity index (χ0) is 23.8. The predicted octanol–water partition coefficient (Wildman–Crippen LogP) is 4.66. The molecule has 1 saturated heterocycles. The quantitative estimate of drug-likeness (QED) is 0.413. The van der Waals surface area contributed by atoms with Gasteiger partial charge in [-0.2, -0.15) is 5.26 Å². The van der Waals surface area contributed by atoms with Crippen LogP contribution < -0.4 is 19.7 Å². The van der Waals surface area contributed by atoms with E-state index in [9.17, 15) is 10.1 Å². The Morgan fingerprint density at radius 2 is 1.56 bits per heavy atom. The first kappa shape index (κ1) is 22.7. The summed E-state index contributed by atoms with van der Waals surface area (Å²) in [6, 6.07) is 26.4. The molecule has 3 aromatic rings. The van der Waals surface area contributed by atoms with Gasteiger partial charge < -0.3 is 24.6 Å². The van der Waals surface area contributed by atoms with Gasteiger partial charge in [-0.15, -0.1) is 0 Å². The highest BCUT2D eigenvalue weighted by molar-refractivity contribution is 6.06. The van der Waals surface area contributed by atoms with E-state index >= 15 is 0 Å². The van der Waals surface area contributed by atoms with E-state index in [1.165, 1.54) is 0 Å². The van der Waals surface area contributed by atoms with Gasteiger partial charge in [0.25, 0.3) is 5.91 Å². The molecule has 3 aromatic carbocycles. The first-order valence-corrected chi connectivity index (χ1v) is 11.0. The van der Waals surface area contributed by atoms with Crippen molar-refractivity contribution in [3.05, 3.63) is 90.6 Å². The minimum atomic E-state index is -0.439. The van der Waals surface area contributed by atoms with Gasteiger partial charge in [0.1, 0.15) is 28.9 Å². The summed E-state index contributed by atoms with van der Waals surface area (Å²) in [5.74, 6) is 1.79. The molecule has 7 nitrogen and oxygen atoms in total. The summed E-state index contributed by atoms with van der Waals surface area (Å²) < 4.78 is 11.2. The molecule has 172 valence electrons. The van der Waals surface area contributed by atoms with Gasteiger partial charge in [-0.05, 0) is 48.5 Å². The highest BCUT2D eigenvalue weighted by Crippen LogP contribution is 2.28. The lowest BCUT2D eigenvalue weighted by Crippen LogP contribution is -2.44. The molecular weight excluding hydrogens is 428 g/mol. The molecule has 1 amide bonds. The number of carbonyl (C=O) groups excluding carboxylic acids is 1. The van der Waals surface area contributed by atoms with Gasteiger partial charge in [0, 0.05) is 38.1 Å². The SMILES string of the molecule is COc1ccccc1N1CCN(/C=C(/C#N)C(=O)Nc2ccc(Oc3ccccc3)cc2)CC1. The van der Waals surface area contributed by atoms with Crippen molar-refractivity contribution in [1.29, 1.82) is 5.26 Å². The average Bonchev–Trinajstić information content (AvgIpc) is 2.89. The standard InChI is InChI=1S/C27H26N4O3/c1-33-26-10-6-5-9-25(26)31-17-15-30(16-18-31)20-21(19-28)27(32)29-22-11-13-24(14-12-22)34-23-7-3-2-4-8-23/h2-14,20H,15-18H2,1H3,(H,29,32)/b21-20-. The number of rotatable bonds is 7. The molecule has 1 aliphatic rings. The number of hydrogen-bond donors (Lipinski definition) is 1. The highest BCUT2D eigenvalue weighted by atomic mass is 16.5. The second kappa shape index (κ2) is 10.9. The Labute approximate surface area is 199 Å². The number of methoxy groups -OCH3 is 1. The summed E-state index contributed by atoms with van der Waals surface area (Å²) in [6.07, 6.45) is 1.64. The molecule has 0 bridgehead atoms. The summed E-state index contributed by atoms with van der Waals surface area (Å²) in [7, 11) is 1.67. The van der Waals surface area contributed by atoms with Gasteiger partial charge in [0.05, 0.1) is 12.8 Å². The first-order chi connectivity index (χ1) is 16.7. The monoisotopic (exact) mass is 454 g/mol. The molecule has 1 fully saturated rings. The van der Waals surface area contributed by atoms with Crippen LogP contribution >= 0.6 is 0 Å². The van der Waals surface area contributed by atoms with E-state index < -0.39 is 5.91 Å². The fourth-order valence-electron chi connectivity index (χ4n) is 3.73. The van der Waals surface area contributed by atoms with Gasteiger partial charge >= 0.3 is 0 Å². The molecule has 0 unspecified atom stereocenters. The molecule has 0 radical (unpaired) electrons. The van der Waals surface area contributed by atoms with Crippen LogP contribution in [0.25, 0.3) is 0 Å². The van der Waals surface area contributed by atoms with Crippen molar-refractivity contribution in [2.75, 3.05) is 43.5 Å². The normalized spacial score (nSPS) is 13.7. The maximum atomic E-state index is 12.7. The van der Waals surface area contributed by atoms with Crippen LogP contribution in [-0.2, 0) is 4.79 Å². The number of piperazine rings is 1. The van der Waals surface area contributed by atoms with Gasteiger partial charge in [0.15, 0.2) is 0 Å². The van der Waals surface area contributed by atoms with Crippen molar-refractivity contribution in [1.82, 2.24) is 4.90 Å². The summed E-state index contributed by atoms with van der Waals surface area (Å²) in [5.41, 5.74) is 1.70. The average molecular weight is 455 g/mol. The summed E-state index contributed by atoms with van der Waals surface area (Å²) in [6.45, 7) is 2.92. The Kier molecular flexibility index (Phi) is 7.31. The Morgan fingerprint density at radius 1 is 0.912 bits per heavy atom. The Hall–Kier alpha value is -4.44. The number of hydrogen-bond acceptors (Lipinski definition) is 6. The Balaban J connectivity index is 1.34. The van der Waals surface area contributed by atoms with Crippen molar-refractivity contribution >= 4 is 17.3 Å². The highest BCUT2D eigenvalue weighted by Gasteiger charge is 2.19. The van der Waals surface area contributed by atoms with Gasteiger partial charge in [-0.25, -0.2) is 0 Å². The lowest BCUT2D eigenvalue weighted by atomic mass is 10.2. The van der Waals surface area contributed by atoms with Gasteiger partial charge in [-0.3, -0.25) is 4.79 Å². The maximum Gasteiger partial charge on any atom is 0.267 e. The van der Waals surface area contributed by atoms with Crippen molar-refractivity contribution in [3.63, 3.8) is 0 Å². The number of ether oxygens (including phenoxy) is 2. The molecule has 0 saturated carbocycles. The van der Waals surface area contributed by atoms with Gasteiger partial charge in [0.2, 0.25) is 0 Å². The molecule has 1 aliphatic heterocycles. The van der Waals surface area contributed by atoms with E-state index in [2.05, 4.69) is 10.2 Å². The van der Waals surface area contributed by atoms with Crippen LogP contribution in [0.1, 0.15) is 0 Å². The molecule has 1 N–H and O–H groups in total. The second-order valence-corrected chi connectivity index (χ2v) is 7.74. The van der Waals surface area contributed by atoms with Crippen molar-refractivity contribution in [2.24, 2.45) is 0 Å². The largest absolute Gasteiger partial charge is 0.495 e.